The van der Waals surface area contributed by atoms with Crippen molar-refractivity contribution >= 4 is 33.0 Å². The van der Waals surface area contributed by atoms with Gasteiger partial charge in [-0.25, -0.2) is 9.78 Å². The Labute approximate surface area is 215 Å². The van der Waals surface area contributed by atoms with E-state index in [4.69, 9.17) is 9.84 Å². The van der Waals surface area contributed by atoms with Crippen molar-refractivity contribution in [2.24, 2.45) is 0 Å². The van der Waals surface area contributed by atoms with Gasteiger partial charge in [-0.3, -0.25) is 9.46 Å². The van der Waals surface area contributed by atoms with Gasteiger partial charge in [0.2, 0.25) is 0 Å². The number of carbonyl (C=O) groups is 1. The van der Waals surface area contributed by atoms with Gasteiger partial charge in [0.25, 0.3) is 10.0 Å². The van der Waals surface area contributed by atoms with Gasteiger partial charge in [0.15, 0.2) is 5.03 Å². The summed E-state index contributed by atoms with van der Waals surface area (Å²) in [5.74, 6) is -0.999. The summed E-state index contributed by atoms with van der Waals surface area (Å²) < 4.78 is 74.7. The maximum atomic E-state index is 12.9. The van der Waals surface area contributed by atoms with Crippen molar-refractivity contribution in [1.29, 1.82) is 0 Å². The van der Waals surface area contributed by atoms with Crippen LogP contribution in [0.25, 0.3) is 10.6 Å². The minimum atomic E-state index is -4.62. The van der Waals surface area contributed by atoms with E-state index in [0.29, 0.717) is 36.3 Å². The van der Waals surface area contributed by atoms with Crippen LogP contribution in [0.1, 0.15) is 47.5 Å². The number of rotatable bonds is 8. The number of carboxylic acid groups (broad SMARTS) is 1. The molecule has 0 aliphatic heterocycles. The first-order valence-corrected chi connectivity index (χ1v) is 13.6. The molecular formula is C24H23F3N2O6S2. The Morgan fingerprint density at radius 3 is 2.38 bits per heavy atom. The van der Waals surface area contributed by atoms with Crippen molar-refractivity contribution < 1.29 is 41.0 Å². The lowest BCUT2D eigenvalue weighted by atomic mass is 9.82. The van der Waals surface area contributed by atoms with Crippen LogP contribution in [-0.4, -0.2) is 44.1 Å². The molecule has 0 bridgehead atoms. The second kappa shape index (κ2) is 10.7. The summed E-state index contributed by atoms with van der Waals surface area (Å²) in [6.07, 6.45) is -3.60. The van der Waals surface area contributed by atoms with Crippen molar-refractivity contribution in [2.45, 2.75) is 49.1 Å². The summed E-state index contributed by atoms with van der Waals surface area (Å²) in [7, 11) is -2.78. The summed E-state index contributed by atoms with van der Waals surface area (Å²) in [5.41, 5.74) is 1.72. The Morgan fingerprint density at radius 2 is 1.78 bits per heavy atom. The van der Waals surface area contributed by atoms with E-state index in [0.717, 1.165) is 16.9 Å². The first-order valence-electron chi connectivity index (χ1n) is 11.2. The topological polar surface area (TPSA) is 115 Å². The molecule has 0 radical (unpaired) electrons. The van der Waals surface area contributed by atoms with Gasteiger partial charge in [0.05, 0.1) is 24.5 Å². The van der Waals surface area contributed by atoms with E-state index in [9.17, 15) is 26.4 Å². The third-order valence-corrected chi connectivity index (χ3v) is 8.34. The molecule has 0 amide bonds. The van der Waals surface area contributed by atoms with Crippen LogP contribution < -0.4 is 9.46 Å². The van der Waals surface area contributed by atoms with Gasteiger partial charge in [-0.1, -0.05) is 24.3 Å². The van der Waals surface area contributed by atoms with Crippen LogP contribution in [0.2, 0.25) is 0 Å². The summed E-state index contributed by atoms with van der Waals surface area (Å²) in [5, 5.41) is 10.8. The average Bonchev–Trinajstić information content (AvgIpc) is 3.35. The smallest absolute Gasteiger partial charge is 0.495 e. The number of hydrogen-bond acceptors (Lipinski definition) is 7. The number of ether oxygens (including phenoxy) is 2. The molecule has 198 valence electrons. The number of aromatic carboxylic acids is 1. The van der Waals surface area contributed by atoms with Crippen LogP contribution in [0, 0.1) is 0 Å². The largest absolute Gasteiger partial charge is 0.522 e. The van der Waals surface area contributed by atoms with Gasteiger partial charge >= 0.3 is 12.3 Å². The van der Waals surface area contributed by atoms with Gasteiger partial charge in [-0.15, -0.1) is 24.5 Å². The molecule has 2 N–H and O–H groups in total. The van der Waals surface area contributed by atoms with Crippen LogP contribution in [-0.2, 0) is 14.8 Å². The van der Waals surface area contributed by atoms with E-state index >= 15 is 0 Å². The van der Waals surface area contributed by atoms with Crippen molar-refractivity contribution in [1.82, 2.24) is 4.98 Å². The number of sulfonamides is 1. The van der Waals surface area contributed by atoms with Gasteiger partial charge < -0.3 is 9.84 Å². The Bertz CT molecular complexity index is 1370. The molecular weight excluding hydrogens is 533 g/mol. The Kier molecular flexibility index (Phi) is 7.76. The average molecular weight is 557 g/mol. The zero-order valence-electron chi connectivity index (χ0n) is 19.5. The van der Waals surface area contributed by atoms with E-state index in [1.165, 1.54) is 30.7 Å². The number of alkyl halides is 3. The predicted molar refractivity (Wildman–Crippen MR) is 130 cm³/mol. The molecule has 13 heteroatoms. The highest BCUT2D eigenvalue weighted by molar-refractivity contribution is 7.92. The second-order valence-corrected chi connectivity index (χ2v) is 11.0. The summed E-state index contributed by atoms with van der Waals surface area (Å²) in [4.78, 5) is 15.4. The third-order valence-electron chi connectivity index (χ3n) is 6.05. The fourth-order valence-electron chi connectivity index (χ4n) is 4.22. The van der Waals surface area contributed by atoms with Gasteiger partial charge in [0.1, 0.15) is 10.8 Å². The van der Waals surface area contributed by atoms with Crippen LogP contribution in [0.5, 0.6) is 5.75 Å². The van der Waals surface area contributed by atoms with Crippen molar-refractivity contribution in [3.05, 3.63) is 59.0 Å². The maximum absolute atomic E-state index is 12.9. The SMILES string of the molecule is COc1cc(C(=O)O)ccc1NS(=O)(=O)c1csc(-c2ccc(C3CCC(OC(F)(F)F)CC3)cc2)n1. The van der Waals surface area contributed by atoms with Gasteiger partial charge in [-0.2, -0.15) is 8.42 Å². The predicted octanol–water partition coefficient (Wildman–Crippen LogP) is 5.88. The molecule has 0 spiro atoms. The Hall–Kier alpha value is -3.16. The monoisotopic (exact) mass is 556 g/mol. The highest BCUT2D eigenvalue weighted by Crippen LogP contribution is 2.37. The highest BCUT2D eigenvalue weighted by atomic mass is 32.2. The number of benzene rings is 2. The lowest BCUT2D eigenvalue weighted by Crippen LogP contribution is -2.27. The number of thiazole rings is 1. The molecule has 1 saturated carbocycles. The molecule has 0 unspecified atom stereocenters. The second-order valence-electron chi connectivity index (χ2n) is 8.48. The van der Waals surface area contributed by atoms with Crippen LogP contribution in [0.4, 0.5) is 18.9 Å². The quantitative estimate of drug-likeness (QED) is 0.356. The molecule has 0 saturated heterocycles. The fraction of sp³-hybridized carbons (Fsp3) is 0.333. The standard InChI is InChI=1S/C24H23F3N2O6S2/c1-34-20-12-17(23(30)31)8-11-19(20)29-37(32,33)21-13-36-22(28-21)16-4-2-14(3-5-16)15-6-9-18(10-7-15)35-24(25,26)27/h2-5,8,11-13,15,18,29H,6-7,9-10H2,1H3,(H,30,31). The van der Waals surface area contributed by atoms with Gasteiger partial charge in [-0.05, 0) is 55.4 Å². The first-order chi connectivity index (χ1) is 17.4. The number of carboxylic acids is 1. The minimum Gasteiger partial charge on any atom is -0.495 e. The zero-order valence-corrected chi connectivity index (χ0v) is 21.1. The van der Waals surface area contributed by atoms with Crippen LogP contribution >= 0.6 is 11.3 Å². The fourth-order valence-corrected chi connectivity index (χ4v) is 6.39. The molecule has 4 rings (SSSR count). The number of hydrogen-bond donors (Lipinski definition) is 2. The Balaban J connectivity index is 1.43. The molecule has 3 aromatic rings. The van der Waals surface area contributed by atoms with E-state index in [2.05, 4.69) is 14.4 Å². The molecule has 1 aromatic heterocycles. The van der Waals surface area contributed by atoms with E-state index < -0.39 is 28.5 Å². The van der Waals surface area contributed by atoms with E-state index in [1.54, 1.807) is 0 Å². The molecule has 0 atom stereocenters. The van der Waals surface area contributed by atoms with Crippen LogP contribution in [0.3, 0.4) is 0 Å². The normalized spacial score (nSPS) is 18.4. The molecule has 2 aromatic carbocycles. The minimum absolute atomic E-state index is 0.0496. The molecule has 1 aliphatic carbocycles. The molecule has 1 aliphatic rings. The molecule has 8 nitrogen and oxygen atoms in total. The number of nitrogens with one attached hydrogen (secondary N) is 1. The third kappa shape index (κ3) is 6.59. The van der Waals surface area contributed by atoms with Gasteiger partial charge in [0, 0.05) is 10.9 Å². The number of methoxy groups -OCH3 is 1. The van der Waals surface area contributed by atoms with Crippen molar-refractivity contribution in [3.8, 4) is 16.3 Å². The van der Waals surface area contributed by atoms with Crippen LogP contribution in [0.15, 0.2) is 52.9 Å². The molecule has 1 fully saturated rings. The van der Waals surface area contributed by atoms with E-state index in [-0.39, 0.29) is 27.9 Å². The number of halogens is 3. The van der Waals surface area contributed by atoms with Crippen molar-refractivity contribution in [2.75, 3.05) is 11.8 Å². The molecule has 37 heavy (non-hydrogen) atoms. The Morgan fingerprint density at radius 1 is 1.11 bits per heavy atom. The number of nitrogens with zero attached hydrogens (tertiary/aromatic N) is 1. The summed E-state index contributed by atoms with van der Waals surface area (Å²) in [6, 6.07) is 11.2. The molecule has 1 heterocycles. The summed E-state index contributed by atoms with van der Waals surface area (Å²) >= 11 is 1.14. The van der Waals surface area contributed by atoms with E-state index in [1.807, 2.05) is 24.3 Å². The lowest BCUT2D eigenvalue weighted by molar-refractivity contribution is -0.345. The highest BCUT2D eigenvalue weighted by Gasteiger charge is 2.35. The summed E-state index contributed by atoms with van der Waals surface area (Å²) in [6.45, 7) is 0. The number of anilines is 1. The zero-order chi connectivity index (χ0) is 26.8. The number of aromatic nitrogens is 1. The first kappa shape index (κ1) is 26.9. The van der Waals surface area contributed by atoms with Crippen molar-refractivity contribution in [3.63, 3.8) is 0 Å². The lowest BCUT2D eigenvalue weighted by Gasteiger charge is -2.29. The maximum Gasteiger partial charge on any atom is 0.522 e.